The summed E-state index contributed by atoms with van der Waals surface area (Å²) >= 11 is 0. The normalized spacial score (nSPS) is 12.2. The number of fused-ring (bicyclic) bond motifs is 1. The number of hydrogen-bond donors (Lipinski definition) is 1. The van der Waals surface area contributed by atoms with Crippen molar-refractivity contribution in [2.45, 2.75) is 32.2 Å². The van der Waals surface area contributed by atoms with Crippen molar-refractivity contribution >= 4 is 11.0 Å². The maximum Gasteiger partial charge on any atom is 0.227 e. The van der Waals surface area contributed by atoms with Crippen molar-refractivity contribution in [1.29, 1.82) is 0 Å². The summed E-state index contributed by atoms with van der Waals surface area (Å²) in [6.45, 7) is 3.96. The third-order valence-electron chi connectivity index (χ3n) is 3.17. The molecule has 0 fully saturated rings. The molecule has 2 heterocycles. The van der Waals surface area contributed by atoms with Gasteiger partial charge < -0.3 is 14.7 Å². The molecule has 2 aromatic heterocycles. The number of aryl methyl sites for hydroxylation is 1. The summed E-state index contributed by atoms with van der Waals surface area (Å²) in [4.78, 5) is 4.41. The van der Waals surface area contributed by atoms with Gasteiger partial charge in [0.15, 0.2) is 0 Å². The van der Waals surface area contributed by atoms with E-state index in [1.54, 1.807) is 6.26 Å². The van der Waals surface area contributed by atoms with E-state index in [1.165, 1.54) is 0 Å². The minimum Gasteiger partial charge on any atom is -0.464 e. The van der Waals surface area contributed by atoms with E-state index in [1.807, 2.05) is 38.1 Å². The van der Waals surface area contributed by atoms with E-state index >= 15 is 0 Å². The molecule has 0 amide bonds. The molecule has 0 bridgehead atoms. The number of rotatable bonds is 4. The van der Waals surface area contributed by atoms with E-state index in [4.69, 9.17) is 14.7 Å². The Labute approximate surface area is 116 Å². The van der Waals surface area contributed by atoms with E-state index in [9.17, 15) is 0 Å². The SMILES string of the molecule is CC(C)(N)CCc1nc(-c2coc3ccccc23)no1. The number of nitrogens with zero attached hydrogens (tertiary/aromatic N) is 2. The van der Waals surface area contributed by atoms with Crippen LogP contribution in [0.25, 0.3) is 22.4 Å². The molecule has 0 saturated carbocycles. The number of benzene rings is 1. The van der Waals surface area contributed by atoms with Gasteiger partial charge in [0.1, 0.15) is 11.8 Å². The first-order chi connectivity index (χ1) is 9.53. The van der Waals surface area contributed by atoms with Gasteiger partial charge in [-0.15, -0.1) is 0 Å². The van der Waals surface area contributed by atoms with Gasteiger partial charge in [-0.3, -0.25) is 0 Å². The highest BCUT2D eigenvalue weighted by Crippen LogP contribution is 2.28. The van der Waals surface area contributed by atoms with Crippen LogP contribution in [0.15, 0.2) is 39.5 Å². The molecule has 5 nitrogen and oxygen atoms in total. The first kappa shape index (κ1) is 12.9. The molecule has 104 valence electrons. The Kier molecular flexibility index (Phi) is 3.06. The van der Waals surface area contributed by atoms with Gasteiger partial charge in [-0.2, -0.15) is 4.98 Å². The maximum absolute atomic E-state index is 5.95. The molecule has 0 unspecified atom stereocenters. The van der Waals surface area contributed by atoms with Gasteiger partial charge in [0.25, 0.3) is 0 Å². The molecule has 3 rings (SSSR count). The Bertz CT molecular complexity index is 722. The van der Waals surface area contributed by atoms with Gasteiger partial charge in [0.05, 0.1) is 5.56 Å². The standard InChI is InChI=1S/C15H17N3O2/c1-15(2,16)8-7-13-17-14(18-20-13)11-9-19-12-6-4-3-5-10(11)12/h3-6,9H,7-8,16H2,1-2H3. The van der Waals surface area contributed by atoms with Crippen LogP contribution in [0.5, 0.6) is 0 Å². The fourth-order valence-electron chi connectivity index (χ4n) is 2.05. The topological polar surface area (TPSA) is 78.1 Å². The lowest BCUT2D eigenvalue weighted by Crippen LogP contribution is -2.32. The Morgan fingerprint density at radius 2 is 2.05 bits per heavy atom. The molecule has 0 spiro atoms. The van der Waals surface area contributed by atoms with Crippen LogP contribution in [0.4, 0.5) is 0 Å². The molecule has 0 atom stereocenters. The summed E-state index contributed by atoms with van der Waals surface area (Å²) in [5, 5.41) is 5.01. The van der Waals surface area contributed by atoms with Crippen molar-refractivity contribution in [2.75, 3.05) is 0 Å². The molecular weight excluding hydrogens is 254 g/mol. The second-order valence-corrected chi connectivity index (χ2v) is 5.65. The molecule has 2 N–H and O–H groups in total. The summed E-state index contributed by atoms with van der Waals surface area (Å²) in [7, 11) is 0. The maximum atomic E-state index is 5.95. The van der Waals surface area contributed by atoms with Crippen LogP contribution in [-0.2, 0) is 6.42 Å². The third-order valence-corrected chi connectivity index (χ3v) is 3.17. The number of nitrogens with two attached hydrogens (primary N) is 1. The lowest BCUT2D eigenvalue weighted by atomic mass is 10.0. The fourth-order valence-corrected chi connectivity index (χ4v) is 2.05. The molecule has 0 radical (unpaired) electrons. The number of aromatic nitrogens is 2. The average Bonchev–Trinajstić information content (AvgIpc) is 3.01. The van der Waals surface area contributed by atoms with E-state index in [2.05, 4.69) is 10.1 Å². The van der Waals surface area contributed by atoms with Crippen LogP contribution in [-0.4, -0.2) is 15.7 Å². The molecule has 5 heteroatoms. The zero-order chi connectivity index (χ0) is 14.2. The number of para-hydroxylation sites is 1. The number of furan rings is 1. The lowest BCUT2D eigenvalue weighted by Gasteiger charge is -2.16. The Morgan fingerprint density at radius 1 is 1.25 bits per heavy atom. The molecule has 0 aliphatic heterocycles. The molecule has 1 aromatic carbocycles. The van der Waals surface area contributed by atoms with Gasteiger partial charge >= 0.3 is 0 Å². The zero-order valence-electron chi connectivity index (χ0n) is 11.6. The van der Waals surface area contributed by atoms with Crippen LogP contribution < -0.4 is 5.73 Å². The van der Waals surface area contributed by atoms with E-state index in [0.29, 0.717) is 18.1 Å². The van der Waals surface area contributed by atoms with Crippen LogP contribution in [0, 0.1) is 0 Å². The largest absolute Gasteiger partial charge is 0.464 e. The molecule has 0 aliphatic carbocycles. The Balaban J connectivity index is 1.86. The van der Waals surface area contributed by atoms with Crippen LogP contribution in [0.1, 0.15) is 26.2 Å². The minimum atomic E-state index is -0.239. The van der Waals surface area contributed by atoms with E-state index < -0.39 is 0 Å². The van der Waals surface area contributed by atoms with Crippen molar-refractivity contribution in [3.8, 4) is 11.4 Å². The molecule has 0 saturated heterocycles. The van der Waals surface area contributed by atoms with Crippen molar-refractivity contribution in [1.82, 2.24) is 10.1 Å². The molecule has 0 aliphatic rings. The summed E-state index contributed by atoms with van der Waals surface area (Å²) in [6.07, 6.45) is 3.12. The fraction of sp³-hybridized carbons (Fsp3) is 0.333. The first-order valence-corrected chi connectivity index (χ1v) is 6.61. The third kappa shape index (κ3) is 2.58. The average molecular weight is 271 g/mol. The van der Waals surface area contributed by atoms with Crippen LogP contribution in [0.2, 0.25) is 0 Å². The molecule has 20 heavy (non-hydrogen) atoms. The van der Waals surface area contributed by atoms with Crippen LogP contribution >= 0.6 is 0 Å². The highest BCUT2D eigenvalue weighted by atomic mass is 16.5. The Hall–Kier alpha value is -2.14. The van der Waals surface area contributed by atoms with Crippen molar-refractivity contribution in [3.63, 3.8) is 0 Å². The summed E-state index contributed by atoms with van der Waals surface area (Å²) in [5.41, 5.74) is 7.38. The zero-order valence-corrected chi connectivity index (χ0v) is 11.6. The van der Waals surface area contributed by atoms with Gasteiger partial charge in [-0.1, -0.05) is 23.4 Å². The van der Waals surface area contributed by atoms with Gasteiger partial charge in [-0.05, 0) is 26.3 Å². The second kappa shape index (κ2) is 4.76. The highest BCUT2D eigenvalue weighted by molar-refractivity contribution is 5.91. The first-order valence-electron chi connectivity index (χ1n) is 6.61. The summed E-state index contributed by atoms with van der Waals surface area (Å²) < 4.78 is 10.8. The monoisotopic (exact) mass is 271 g/mol. The predicted molar refractivity (Wildman–Crippen MR) is 76.1 cm³/mol. The van der Waals surface area contributed by atoms with E-state index in [0.717, 1.165) is 23.0 Å². The highest BCUT2D eigenvalue weighted by Gasteiger charge is 2.16. The Morgan fingerprint density at radius 3 is 2.85 bits per heavy atom. The summed E-state index contributed by atoms with van der Waals surface area (Å²) in [6, 6.07) is 7.78. The molecule has 3 aromatic rings. The minimum absolute atomic E-state index is 0.239. The summed E-state index contributed by atoms with van der Waals surface area (Å²) in [5.74, 6) is 1.16. The van der Waals surface area contributed by atoms with E-state index in [-0.39, 0.29) is 5.54 Å². The predicted octanol–water partition coefficient (Wildman–Crippen LogP) is 3.15. The van der Waals surface area contributed by atoms with Crippen LogP contribution in [0.3, 0.4) is 0 Å². The van der Waals surface area contributed by atoms with Gasteiger partial charge in [-0.25, -0.2) is 0 Å². The molecular formula is C15H17N3O2. The van der Waals surface area contributed by atoms with Crippen molar-refractivity contribution in [2.24, 2.45) is 5.73 Å². The van der Waals surface area contributed by atoms with Crippen molar-refractivity contribution < 1.29 is 8.94 Å². The second-order valence-electron chi connectivity index (χ2n) is 5.65. The van der Waals surface area contributed by atoms with Gasteiger partial charge in [0, 0.05) is 17.3 Å². The quantitative estimate of drug-likeness (QED) is 0.788. The van der Waals surface area contributed by atoms with Gasteiger partial charge in [0.2, 0.25) is 11.7 Å². The smallest absolute Gasteiger partial charge is 0.227 e. The van der Waals surface area contributed by atoms with Crippen molar-refractivity contribution in [3.05, 3.63) is 36.4 Å². The lowest BCUT2D eigenvalue weighted by molar-refractivity contribution is 0.358. The number of hydrogen-bond acceptors (Lipinski definition) is 5.